The van der Waals surface area contributed by atoms with E-state index in [1.54, 1.807) is 48.0 Å². The minimum absolute atomic E-state index is 0.305. The number of hydrogen-bond donors (Lipinski definition) is 1. The van der Waals surface area contributed by atoms with Crippen molar-refractivity contribution in [2.45, 2.75) is 39.3 Å². The maximum atomic E-state index is 13.1. The Morgan fingerprint density at radius 1 is 1.05 bits per heavy atom. The molecule has 1 saturated heterocycles. The number of piperazine rings is 1. The molecule has 1 aliphatic heterocycles. The Labute approximate surface area is 236 Å². The second kappa shape index (κ2) is 11.8. The number of aromatic nitrogens is 6. The summed E-state index contributed by atoms with van der Waals surface area (Å²) in [5.74, 6) is 1.11. The number of nitrogens with one attached hydrogen (secondary N) is 1. The molecule has 5 heterocycles. The summed E-state index contributed by atoms with van der Waals surface area (Å²) in [6.07, 6.45) is 5.25. The van der Waals surface area contributed by atoms with E-state index in [1.165, 1.54) is 4.68 Å². The van der Waals surface area contributed by atoms with Gasteiger partial charge in [-0.2, -0.15) is 5.10 Å². The number of halogens is 2. The average Bonchev–Trinajstić information content (AvgIpc) is 3.36. The fourth-order valence-electron chi connectivity index (χ4n) is 4.35. The molecule has 0 radical (unpaired) electrons. The molecule has 1 aliphatic rings. The fourth-order valence-corrected chi connectivity index (χ4v) is 4.35. The first-order chi connectivity index (χ1) is 19.6. The van der Waals surface area contributed by atoms with Crippen molar-refractivity contribution in [3.63, 3.8) is 0 Å². The number of rotatable bonds is 7. The van der Waals surface area contributed by atoms with Gasteiger partial charge in [-0.3, -0.25) is 9.67 Å². The van der Waals surface area contributed by atoms with Crippen LogP contribution in [0.5, 0.6) is 0 Å². The number of nitrogens with zero attached hydrogens (tertiary/aromatic N) is 8. The van der Waals surface area contributed by atoms with E-state index in [9.17, 15) is 13.6 Å². The van der Waals surface area contributed by atoms with Gasteiger partial charge in [0.2, 0.25) is 5.95 Å². The van der Waals surface area contributed by atoms with Crippen molar-refractivity contribution in [3.8, 4) is 22.5 Å². The molecule has 0 unspecified atom stereocenters. The van der Waals surface area contributed by atoms with Crippen LogP contribution in [0.2, 0.25) is 0 Å². The minimum Gasteiger partial charge on any atom is -0.444 e. The van der Waals surface area contributed by atoms with Crippen LogP contribution >= 0.6 is 0 Å². The largest absolute Gasteiger partial charge is 0.444 e. The normalized spacial score (nSPS) is 13.9. The first-order valence-electron chi connectivity index (χ1n) is 13.2. The highest BCUT2D eigenvalue weighted by atomic mass is 19.3. The third-order valence-electron chi connectivity index (χ3n) is 6.21. The van der Waals surface area contributed by atoms with Crippen LogP contribution in [0, 0.1) is 0 Å². The number of ether oxygens (including phenoxy) is 1. The summed E-state index contributed by atoms with van der Waals surface area (Å²) in [5.41, 5.74) is 2.45. The monoisotopic (exact) mass is 563 g/mol. The van der Waals surface area contributed by atoms with E-state index < -0.39 is 18.6 Å². The van der Waals surface area contributed by atoms with Crippen LogP contribution in [0.25, 0.3) is 22.5 Å². The molecule has 214 valence electrons. The van der Waals surface area contributed by atoms with E-state index in [0.29, 0.717) is 60.3 Å². The van der Waals surface area contributed by atoms with E-state index in [-0.39, 0.29) is 6.09 Å². The van der Waals surface area contributed by atoms with Crippen LogP contribution in [-0.4, -0.2) is 78.9 Å². The average molecular weight is 564 g/mol. The maximum absolute atomic E-state index is 13.1. The standard InChI is InChI=1S/C28H31F2N9O2/c1-28(2,3)41-27(40)38-13-11-37(12-14-38)24-7-6-20(16-33-24)34-26-32-10-8-22(35-26)21-17-39(18-23(29)30)36-25(21)19-5-4-9-31-15-19/h4-10,15-17,23H,11-14,18H2,1-3H3,(H,32,34,35). The second-order valence-corrected chi connectivity index (χ2v) is 10.5. The molecule has 0 aliphatic carbocycles. The van der Waals surface area contributed by atoms with Gasteiger partial charge in [0.15, 0.2) is 0 Å². The van der Waals surface area contributed by atoms with Crippen LogP contribution in [0.15, 0.2) is 61.3 Å². The van der Waals surface area contributed by atoms with Gasteiger partial charge in [0.25, 0.3) is 6.43 Å². The molecule has 4 aromatic heterocycles. The Bertz CT molecular complexity index is 1470. The molecule has 0 saturated carbocycles. The van der Waals surface area contributed by atoms with Gasteiger partial charge in [-0.15, -0.1) is 0 Å². The predicted octanol–water partition coefficient (Wildman–Crippen LogP) is 4.86. The Hall–Kier alpha value is -4.68. The summed E-state index contributed by atoms with van der Waals surface area (Å²) >= 11 is 0. The van der Waals surface area contributed by atoms with Crippen molar-refractivity contribution in [2.75, 3.05) is 36.4 Å². The summed E-state index contributed by atoms with van der Waals surface area (Å²) in [6, 6.07) is 9.05. The lowest BCUT2D eigenvalue weighted by Crippen LogP contribution is -2.50. The van der Waals surface area contributed by atoms with E-state index in [4.69, 9.17) is 4.74 Å². The Kier molecular flexibility index (Phi) is 8.04. The quantitative estimate of drug-likeness (QED) is 0.337. The second-order valence-electron chi connectivity index (χ2n) is 10.5. The number of amides is 1. The van der Waals surface area contributed by atoms with Crippen molar-refractivity contribution in [1.82, 2.24) is 34.6 Å². The van der Waals surface area contributed by atoms with E-state index in [0.717, 1.165) is 5.82 Å². The lowest BCUT2D eigenvalue weighted by molar-refractivity contribution is 0.0240. The Balaban J connectivity index is 1.27. The third kappa shape index (κ3) is 7.10. The summed E-state index contributed by atoms with van der Waals surface area (Å²) in [6.45, 7) is 7.41. The number of carbonyl (C=O) groups excluding carboxylic acids is 1. The number of anilines is 3. The van der Waals surface area contributed by atoms with Crippen LogP contribution in [0.3, 0.4) is 0 Å². The molecule has 41 heavy (non-hydrogen) atoms. The number of alkyl halides is 2. The van der Waals surface area contributed by atoms with Gasteiger partial charge in [-0.05, 0) is 51.1 Å². The molecular weight excluding hydrogens is 532 g/mol. The van der Waals surface area contributed by atoms with Gasteiger partial charge >= 0.3 is 6.09 Å². The molecule has 5 rings (SSSR count). The molecule has 1 amide bonds. The van der Waals surface area contributed by atoms with Gasteiger partial charge in [-0.25, -0.2) is 28.5 Å². The molecule has 4 aromatic rings. The number of pyridine rings is 2. The highest BCUT2D eigenvalue weighted by Crippen LogP contribution is 2.30. The van der Waals surface area contributed by atoms with Crippen molar-refractivity contribution < 1.29 is 18.3 Å². The van der Waals surface area contributed by atoms with E-state index in [1.807, 2.05) is 39.0 Å². The molecule has 13 heteroatoms. The fraction of sp³-hybridized carbons (Fsp3) is 0.357. The summed E-state index contributed by atoms with van der Waals surface area (Å²) in [4.78, 5) is 33.8. The molecule has 0 bridgehead atoms. The zero-order valence-electron chi connectivity index (χ0n) is 23.0. The molecule has 11 nitrogen and oxygen atoms in total. The summed E-state index contributed by atoms with van der Waals surface area (Å²) < 4.78 is 32.9. The van der Waals surface area contributed by atoms with Crippen LogP contribution in [-0.2, 0) is 11.3 Å². The molecule has 0 atom stereocenters. The first kappa shape index (κ1) is 27.9. The molecule has 1 fully saturated rings. The smallest absolute Gasteiger partial charge is 0.410 e. The zero-order valence-corrected chi connectivity index (χ0v) is 23.0. The summed E-state index contributed by atoms with van der Waals surface area (Å²) in [7, 11) is 0. The van der Waals surface area contributed by atoms with Gasteiger partial charge in [0, 0.05) is 62.1 Å². The third-order valence-corrected chi connectivity index (χ3v) is 6.21. The Morgan fingerprint density at radius 3 is 2.51 bits per heavy atom. The van der Waals surface area contributed by atoms with Crippen LogP contribution in [0.1, 0.15) is 20.8 Å². The number of carbonyl (C=O) groups is 1. The lowest BCUT2D eigenvalue weighted by atomic mass is 10.1. The molecule has 1 N–H and O–H groups in total. The zero-order chi connectivity index (χ0) is 29.0. The number of hydrogen-bond acceptors (Lipinski definition) is 9. The van der Waals surface area contributed by atoms with E-state index >= 15 is 0 Å². The van der Waals surface area contributed by atoms with Crippen LogP contribution in [0.4, 0.5) is 31.0 Å². The highest BCUT2D eigenvalue weighted by Gasteiger charge is 2.26. The summed E-state index contributed by atoms with van der Waals surface area (Å²) in [5, 5.41) is 7.52. The maximum Gasteiger partial charge on any atom is 0.410 e. The molecule has 0 spiro atoms. The topological polar surface area (TPSA) is 114 Å². The SMILES string of the molecule is CC(C)(C)OC(=O)N1CCN(c2ccc(Nc3nccc(-c4cn(CC(F)F)nc4-c4cccnc4)n3)cn2)CC1. The van der Waals surface area contributed by atoms with Crippen molar-refractivity contribution >= 4 is 23.5 Å². The van der Waals surface area contributed by atoms with Gasteiger partial charge in [0.1, 0.15) is 23.7 Å². The van der Waals surface area contributed by atoms with Gasteiger partial charge < -0.3 is 19.9 Å². The minimum atomic E-state index is -2.54. The first-order valence-corrected chi connectivity index (χ1v) is 13.2. The molecule has 0 aromatic carbocycles. The van der Waals surface area contributed by atoms with Gasteiger partial charge in [-0.1, -0.05) is 0 Å². The van der Waals surface area contributed by atoms with Crippen molar-refractivity contribution in [3.05, 3.63) is 61.3 Å². The highest BCUT2D eigenvalue weighted by molar-refractivity contribution is 5.78. The molecular formula is C28H31F2N9O2. The Morgan fingerprint density at radius 2 is 1.85 bits per heavy atom. The lowest BCUT2D eigenvalue weighted by Gasteiger charge is -2.36. The predicted molar refractivity (Wildman–Crippen MR) is 150 cm³/mol. The van der Waals surface area contributed by atoms with Crippen LogP contribution < -0.4 is 10.2 Å². The van der Waals surface area contributed by atoms with Crippen molar-refractivity contribution in [1.29, 1.82) is 0 Å². The van der Waals surface area contributed by atoms with E-state index in [2.05, 4.69) is 35.3 Å². The van der Waals surface area contributed by atoms with Gasteiger partial charge in [0.05, 0.1) is 17.6 Å². The van der Waals surface area contributed by atoms with Crippen molar-refractivity contribution in [2.24, 2.45) is 0 Å².